The number of carboxylic acids is 1. The zero-order valence-corrected chi connectivity index (χ0v) is 8.38. The molecular formula is C11H10O5. The van der Waals surface area contributed by atoms with Gasteiger partial charge in [-0.25, -0.2) is 4.79 Å². The van der Waals surface area contributed by atoms with E-state index in [0.29, 0.717) is 11.5 Å². The summed E-state index contributed by atoms with van der Waals surface area (Å²) in [5.74, 6) is -0.0344. The molecule has 0 radical (unpaired) electrons. The van der Waals surface area contributed by atoms with Gasteiger partial charge in [0.2, 0.25) is 0 Å². The van der Waals surface area contributed by atoms with Crippen molar-refractivity contribution in [3.63, 3.8) is 0 Å². The fraction of sp³-hybridized carbons (Fsp3) is 0.182. The normalized spacial score (nSPS) is 10.5. The number of carbonyl (C=O) groups is 1. The smallest absolute Gasteiger partial charge is 0.339 e. The lowest BCUT2D eigenvalue weighted by Crippen LogP contribution is -2.00. The van der Waals surface area contributed by atoms with Gasteiger partial charge in [-0.1, -0.05) is 0 Å². The Morgan fingerprint density at radius 1 is 1.25 bits per heavy atom. The molecule has 0 aliphatic rings. The minimum absolute atomic E-state index is 0.106. The lowest BCUT2D eigenvalue weighted by atomic mass is 10.2. The second kappa shape index (κ2) is 4.67. The molecule has 0 aromatic carbocycles. The van der Waals surface area contributed by atoms with Crippen LogP contribution in [0.4, 0.5) is 0 Å². The Hall–Kier alpha value is -2.01. The highest BCUT2D eigenvalue weighted by Gasteiger charge is 2.13. The zero-order valence-electron chi connectivity index (χ0n) is 8.38. The topological polar surface area (TPSA) is 72.8 Å². The van der Waals surface area contributed by atoms with Crippen LogP contribution < -0.4 is 0 Å². The summed E-state index contributed by atoms with van der Waals surface area (Å²) in [6.45, 7) is 0.391. The number of furan rings is 2. The summed E-state index contributed by atoms with van der Waals surface area (Å²) in [6.07, 6.45) is 2.88. The molecule has 2 aromatic rings. The van der Waals surface area contributed by atoms with Crippen LogP contribution in [0.25, 0.3) is 0 Å². The van der Waals surface area contributed by atoms with Gasteiger partial charge >= 0.3 is 5.97 Å². The van der Waals surface area contributed by atoms with E-state index in [0.717, 1.165) is 0 Å². The van der Waals surface area contributed by atoms with Gasteiger partial charge in [-0.15, -0.1) is 0 Å². The van der Waals surface area contributed by atoms with Gasteiger partial charge in [-0.2, -0.15) is 0 Å². The first-order valence-electron chi connectivity index (χ1n) is 4.67. The fourth-order valence-electron chi connectivity index (χ4n) is 1.28. The molecule has 16 heavy (non-hydrogen) atoms. The summed E-state index contributed by atoms with van der Waals surface area (Å²) in [7, 11) is 0. The molecule has 1 N–H and O–H groups in total. The molecule has 5 nitrogen and oxygen atoms in total. The number of aromatic carboxylic acids is 1. The zero-order chi connectivity index (χ0) is 11.4. The van der Waals surface area contributed by atoms with Gasteiger partial charge in [0.1, 0.15) is 30.3 Å². The molecule has 0 atom stereocenters. The predicted molar refractivity (Wildman–Crippen MR) is 52.9 cm³/mol. The van der Waals surface area contributed by atoms with Crippen LogP contribution in [-0.4, -0.2) is 11.1 Å². The molecule has 2 rings (SSSR count). The minimum Gasteiger partial charge on any atom is -0.478 e. The van der Waals surface area contributed by atoms with Crippen molar-refractivity contribution < 1.29 is 23.5 Å². The summed E-state index contributed by atoms with van der Waals surface area (Å²) in [6, 6.07) is 4.93. The van der Waals surface area contributed by atoms with E-state index < -0.39 is 5.97 Å². The van der Waals surface area contributed by atoms with Crippen molar-refractivity contribution in [3.05, 3.63) is 47.8 Å². The molecular weight excluding hydrogens is 212 g/mol. The Kier molecular flexibility index (Phi) is 3.07. The number of rotatable bonds is 5. The molecule has 0 aliphatic carbocycles. The van der Waals surface area contributed by atoms with Crippen LogP contribution in [0.3, 0.4) is 0 Å². The highest BCUT2D eigenvalue weighted by atomic mass is 16.5. The Balaban J connectivity index is 1.90. The third-order valence-electron chi connectivity index (χ3n) is 2.03. The van der Waals surface area contributed by atoms with Crippen LogP contribution in [0, 0.1) is 0 Å². The molecule has 0 amide bonds. The van der Waals surface area contributed by atoms with Crippen LogP contribution in [0.5, 0.6) is 0 Å². The maximum absolute atomic E-state index is 10.7. The van der Waals surface area contributed by atoms with E-state index in [1.54, 1.807) is 18.4 Å². The highest BCUT2D eigenvalue weighted by molar-refractivity contribution is 5.88. The summed E-state index contributed by atoms with van der Waals surface area (Å²) in [5.41, 5.74) is 0.124. The standard InChI is InChI=1S/C11H10O5/c12-11(13)9-3-5-16-10(9)7-14-6-8-2-1-4-15-8/h1-5H,6-7H2,(H,12,13). The molecule has 0 saturated carbocycles. The maximum Gasteiger partial charge on any atom is 0.339 e. The molecule has 5 heteroatoms. The van der Waals surface area contributed by atoms with Gasteiger partial charge in [0.25, 0.3) is 0 Å². The Morgan fingerprint density at radius 2 is 2.12 bits per heavy atom. The number of hydrogen-bond acceptors (Lipinski definition) is 4. The largest absolute Gasteiger partial charge is 0.478 e. The molecule has 0 saturated heterocycles. The van der Waals surface area contributed by atoms with E-state index in [1.807, 2.05) is 0 Å². The van der Waals surface area contributed by atoms with Crippen molar-refractivity contribution in [1.29, 1.82) is 0 Å². The lowest BCUT2D eigenvalue weighted by molar-refractivity contribution is 0.0656. The maximum atomic E-state index is 10.7. The quantitative estimate of drug-likeness (QED) is 0.840. The average molecular weight is 222 g/mol. The van der Waals surface area contributed by atoms with Gasteiger partial charge in [-0.05, 0) is 18.2 Å². The van der Waals surface area contributed by atoms with Crippen molar-refractivity contribution in [3.8, 4) is 0 Å². The van der Waals surface area contributed by atoms with Crippen molar-refractivity contribution in [2.24, 2.45) is 0 Å². The molecule has 2 aromatic heterocycles. The molecule has 0 spiro atoms. The number of hydrogen-bond donors (Lipinski definition) is 1. The SMILES string of the molecule is O=C(O)c1ccoc1COCc1ccco1. The first-order chi connectivity index (χ1) is 7.77. The van der Waals surface area contributed by atoms with E-state index >= 15 is 0 Å². The Morgan fingerprint density at radius 3 is 2.81 bits per heavy atom. The summed E-state index contributed by atoms with van der Waals surface area (Å²) in [5, 5.41) is 8.80. The van der Waals surface area contributed by atoms with Crippen molar-refractivity contribution in [1.82, 2.24) is 0 Å². The third-order valence-corrected chi connectivity index (χ3v) is 2.03. The van der Waals surface area contributed by atoms with Crippen LogP contribution in [0.2, 0.25) is 0 Å². The molecule has 84 valence electrons. The second-order valence-electron chi connectivity index (χ2n) is 3.13. The van der Waals surface area contributed by atoms with Gasteiger partial charge in [0.15, 0.2) is 0 Å². The molecule has 0 bridgehead atoms. The van der Waals surface area contributed by atoms with E-state index in [1.165, 1.54) is 12.3 Å². The summed E-state index contributed by atoms with van der Waals surface area (Å²) < 4.78 is 15.3. The van der Waals surface area contributed by atoms with E-state index in [4.69, 9.17) is 18.7 Å². The van der Waals surface area contributed by atoms with E-state index in [2.05, 4.69) is 0 Å². The number of carboxylic acid groups (broad SMARTS) is 1. The van der Waals surface area contributed by atoms with Gasteiger partial charge in [-0.3, -0.25) is 0 Å². The van der Waals surface area contributed by atoms with Gasteiger partial charge < -0.3 is 18.7 Å². The van der Waals surface area contributed by atoms with Crippen molar-refractivity contribution in [2.75, 3.05) is 0 Å². The second-order valence-corrected chi connectivity index (χ2v) is 3.13. The van der Waals surface area contributed by atoms with E-state index in [-0.39, 0.29) is 18.8 Å². The average Bonchev–Trinajstić information content (AvgIpc) is 2.87. The van der Waals surface area contributed by atoms with Gasteiger partial charge in [0.05, 0.1) is 12.5 Å². The summed E-state index contributed by atoms with van der Waals surface area (Å²) >= 11 is 0. The first-order valence-corrected chi connectivity index (χ1v) is 4.67. The molecule has 0 unspecified atom stereocenters. The van der Waals surface area contributed by atoms with Crippen molar-refractivity contribution >= 4 is 5.97 Å². The van der Waals surface area contributed by atoms with Crippen LogP contribution >= 0.6 is 0 Å². The lowest BCUT2D eigenvalue weighted by Gasteiger charge is -2.00. The predicted octanol–water partition coefficient (Wildman–Crippen LogP) is 2.29. The summed E-state index contributed by atoms with van der Waals surface area (Å²) in [4.78, 5) is 10.7. The minimum atomic E-state index is -1.02. The Bertz CT molecular complexity index is 454. The third kappa shape index (κ3) is 2.32. The van der Waals surface area contributed by atoms with Crippen LogP contribution in [-0.2, 0) is 18.0 Å². The number of ether oxygens (including phenoxy) is 1. The first kappa shape index (κ1) is 10.5. The van der Waals surface area contributed by atoms with Crippen molar-refractivity contribution in [2.45, 2.75) is 13.2 Å². The van der Waals surface area contributed by atoms with Crippen LogP contribution in [0.1, 0.15) is 21.9 Å². The fourth-order valence-corrected chi connectivity index (χ4v) is 1.28. The van der Waals surface area contributed by atoms with E-state index in [9.17, 15) is 4.79 Å². The molecule has 2 heterocycles. The highest BCUT2D eigenvalue weighted by Crippen LogP contribution is 2.13. The van der Waals surface area contributed by atoms with Gasteiger partial charge in [0, 0.05) is 0 Å². The monoisotopic (exact) mass is 222 g/mol. The molecule has 0 aliphatic heterocycles. The Labute approximate surface area is 91.2 Å². The molecule has 0 fully saturated rings. The van der Waals surface area contributed by atoms with Crippen LogP contribution in [0.15, 0.2) is 39.6 Å².